The summed E-state index contributed by atoms with van der Waals surface area (Å²) in [5.74, 6) is -0.806. The van der Waals surface area contributed by atoms with Crippen molar-refractivity contribution in [2.24, 2.45) is 11.8 Å². The van der Waals surface area contributed by atoms with Gasteiger partial charge >= 0.3 is 5.97 Å². The lowest BCUT2D eigenvalue weighted by Crippen LogP contribution is -2.47. The first-order chi connectivity index (χ1) is 9.49. The molecule has 0 radical (unpaired) electrons. The second-order valence-electron chi connectivity index (χ2n) is 5.79. The maximum absolute atomic E-state index is 12.0. The average Bonchev–Trinajstić information content (AvgIpc) is 2.90. The standard InChI is InChI=1S/C15H28N2O3/c1-4-12(5-2)17-14(18)10(3)16-9-11-7-6-8-13(11)15(19)20/h10-13,16H,4-9H2,1-3H3,(H,17,18)(H,19,20). The van der Waals surface area contributed by atoms with E-state index < -0.39 is 5.97 Å². The summed E-state index contributed by atoms with van der Waals surface area (Å²) in [6.07, 6.45) is 4.52. The van der Waals surface area contributed by atoms with E-state index in [2.05, 4.69) is 24.5 Å². The molecule has 3 N–H and O–H groups in total. The monoisotopic (exact) mass is 284 g/mol. The molecule has 0 aromatic carbocycles. The molecule has 1 fully saturated rings. The molecule has 0 aliphatic heterocycles. The molecule has 20 heavy (non-hydrogen) atoms. The molecule has 1 rings (SSSR count). The highest BCUT2D eigenvalue weighted by molar-refractivity contribution is 5.81. The van der Waals surface area contributed by atoms with Crippen LogP contribution in [-0.2, 0) is 9.59 Å². The second kappa shape index (κ2) is 8.25. The number of rotatable bonds is 8. The first-order valence-electron chi connectivity index (χ1n) is 7.76. The number of carbonyl (C=O) groups is 2. The molecule has 0 bridgehead atoms. The van der Waals surface area contributed by atoms with Gasteiger partial charge in [0.25, 0.3) is 0 Å². The molecule has 1 aliphatic carbocycles. The van der Waals surface area contributed by atoms with Gasteiger partial charge in [0.1, 0.15) is 0 Å². The van der Waals surface area contributed by atoms with Gasteiger partial charge in [-0.3, -0.25) is 9.59 Å². The Morgan fingerprint density at radius 2 is 1.90 bits per heavy atom. The molecule has 1 amide bonds. The van der Waals surface area contributed by atoms with Crippen LogP contribution in [0.15, 0.2) is 0 Å². The minimum absolute atomic E-state index is 0.00331. The van der Waals surface area contributed by atoms with Crippen LogP contribution >= 0.6 is 0 Å². The molecule has 1 saturated carbocycles. The highest BCUT2D eigenvalue weighted by atomic mass is 16.4. The lowest BCUT2D eigenvalue weighted by molar-refractivity contribution is -0.142. The molecule has 3 unspecified atom stereocenters. The van der Waals surface area contributed by atoms with E-state index in [-0.39, 0.29) is 29.8 Å². The van der Waals surface area contributed by atoms with Crippen molar-refractivity contribution >= 4 is 11.9 Å². The minimum atomic E-state index is -0.705. The quantitative estimate of drug-likeness (QED) is 0.635. The minimum Gasteiger partial charge on any atom is -0.481 e. The van der Waals surface area contributed by atoms with Crippen molar-refractivity contribution in [2.45, 2.75) is 65.0 Å². The highest BCUT2D eigenvalue weighted by Gasteiger charge is 2.33. The summed E-state index contributed by atoms with van der Waals surface area (Å²) in [5, 5.41) is 15.3. The summed E-state index contributed by atoms with van der Waals surface area (Å²) >= 11 is 0. The van der Waals surface area contributed by atoms with Gasteiger partial charge in [-0.05, 0) is 45.1 Å². The van der Waals surface area contributed by atoms with E-state index in [1.807, 2.05) is 6.92 Å². The molecule has 0 heterocycles. The van der Waals surface area contributed by atoms with Gasteiger partial charge in [0.05, 0.1) is 12.0 Å². The van der Waals surface area contributed by atoms with Crippen LogP contribution in [0, 0.1) is 11.8 Å². The topological polar surface area (TPSA) is 78.4 Å². The second-order valence-corrected chi connectivity index (χ2v) is 5.79. The largest absolute Gasteiger partial charge is 0.481 e. The van der Waals surface area contributed by atoms with E-state index in [9.17, 15) is 9.59 Å². The Morgan fingerprint density at radius 3 is 2.45 bits per heavy atom. The van der Waals surface area contributed by atoms with E-state index in [4.69, 9.17) is 5.11 Å². The Kier molecular flexibility index (Phi) is 6.99. The Morgan fingerprint density at radius 1 is 1.25 bits per heavy atom. The maximum Gasteiger partial charge on any atom is 0.306 e. The van der Waals surface area contributed by atoms with Crippen LogP contribution < -0.4 is 10.6 Å². The number of hydrogen-bond acceptors (Lipinski definition) is 3. The van der Waals surface area contributed by atoms with Crippen LogP contribution in [0.1, 0.15) is 52.9 Å². The first-order valence-corrected chi connectivity index (χ1v) is 7.76. The van der Waals surface area contributed by atoms with E-state index >= 15 is 0 Å². The molecule has 0 aromatic heterocycles. The zero-order valence-corrected chi connectivity index (χ0v) is 12.8. The third-order valence-electron chi connectivity index (χ3n) is 4.39. The Hall–Kier alpha value is -1.10. The molecular weight excluding hydrogens is 256 g/mol. The fourth-order valence-corrected chi connectivity index (χ4v) is 2.85. The van der Waals surface area contributed by atoms with Gasteiger partial charge in [0.2, 0.25) is 5.91 Å². The fraction of sp³-hybridized carbons (Fsp3) is 0.867. The van der Waals surface area contributed by atoms with Gasteiger partial charge in [0.15, 0.2) is 0 Å². The summed E-state index contributed by atoms with van der Waals surface area (Å²) in [4.78, 5) is 23.1. The summed E-state index contributed by atoms with van der Waals surface area (Å²) < 4.78 is 0. The van der Waals surface area contributed by atoms with E-state index in [0.29, 0.717) is 6.54 Å². The lowest BCUT2D eigenvalue weighted by Gasteiger charge is -2.22. The molecule has 1 aliphatic rings. The summed E-state index contributed by atoms with van der Waals surface area (Å²) in [7, 11) is 0. The van der Waals surface area contributed by atoms with Crippen molar-refractivity contribution in [1.29, 1.82) is 0 Å². The van der Waals surface area contributed by atoms with Crippen molar-refractivity contribution < 1.29 is 14.7 Å². The zero-order valence-electron chi connectivity index (χ0n) is 12.8. The third kappa shape index (κ3) is 4.78. The smallest absolute Gasteiger partial charge is 0.306 e. The zero-order chi connectivity index (χ0) is 15.1. The molecule has 0 saturated heterocycles. The lowest BCUT2D eigenvalue weighted by atomic mass is 9.96. The highest BCUT2D eigenvalue weighted by Crippen LogP contribution is 2.31. The normalized spacial score (nSPS) is 23.8. The fourth-order valence-electron chi connectivity index (χ4n) is 2.85. The molecule has 0 aromatic rings. The van der Waals surface area contributed by atoms with Crippen LogP contribution in [0.5, 0.6) is 0 Å². The van der Waals surface area contributed by atoms with E-state index in [1.165, 1.54) is 0 Å². The van der Waals surface area contributed by atoms with Crippen LogP contribution in [0.4, 0.5) is 0 Å². The molecule has 3 atom stereocenters. The van der Waals surface area contributed by atoms with E-state index in [0.717, 1.165) is 32.1 Å². The predicted octanol–water partition coefficient (Wildman–Crippen LogP) is 1.77. The summed E-state index contributed by atoms with van der Waals surface area (Å²) in [6.45, 7) is 6.56. The van der Waals surface area contributed by atoms with Crippen LogP contribution in [0.3, 0.4) is 0 Å². The average molecular weight is 284 g/mol. The van der Waals surface area contributed by atoms with Gasteiger partial charge in [-0.25, -0.2) is 0 Å². The number of amides is 1. The maximum atomic E-state index is 12.0. The number of carboxylic acids is 1. The Bertz CT molecular complexity index is 329. The van der Waals surface area contributed by atoms with Crippen molar-refractivity contribution in [2.75, 3.05) is 6.54 Å². The molecular formula is C15H28N2O3. The Labute approximate surface area is 121 Å². The van der Waals surface area contributed by atoms with Crippen molar-refractivity contribution in [1.82, 2.24) is 10.6 Å². The first kappa shape index (κ1) is 17.0. The van der Waals surface area contributed by atoms with Crippen LogP contribution in [0.25, 0.3) is 0 Å². The summed E-state index contributed by atoms with van der Waals surface area (Å²) in [5.41, 5.74) is 0. The number of aliphatic carboxylic acids is 1. The number of carboxylic acid groups (broad SMARTS) is 1. The summed E-state index contributed by atoms with van der Waals surface area (Å²) in [6, 6.07) is -0.0457. The number of nitrogens with one attached hydrogen (secondary N) is 2. The van der Waals surface area contributed by atoms with Crippen molar-refractivity contribution in [3.05, 3.63) is 0 Å². The molecule has 5 nitrogen and oxygen atoms in total. The molecule has 5 heteroatoms. The van der Waals surface area contributed by atoms with E-state index in [1.54, 1.807) is 0 Å². The number of carbonyl (C=O) groups excluding carboxylic acids is 1. The third-order valence-corrected chi connectivity index (χ3v) is 4.39. The van der Waals surface area contributed by atoms with Gasteiger partial charge < -0.3 is 15.7 Å². The van der Waals surface area contributed by atoms with Crippen LogP contribution in [-0.4, -0.2) is 35.6 Å². The van der Waals surface area contributed by atoms with Gasteiger partial charge in [-0.1, -0.05) is 20.3 Å². The van der Waals surface area contributed by atoms with Crippen LogP contribution in [0.2, 0.25) is 0 Å². The predicted molar refractivity (Wildman–Crippen MR) is 78.4 cm³/mol. The van der Waals surface area contributed by atoms with Crippen molar-refractivity contribution in [3.63, 3.8) is 0 Å². The van der Waals surface area contributed by atoms with Gasteiger partial charge in [0, 0.05) is 6.04 Å². The SMILES string of the molecule is CCC(CC)NC(=O)C(C)NCC1CCCC1C(=O)O. The number of hydrogen-bond donors (Lipinski definition) is 3. The molecule has 116 valence electrons. The van der Waals surface area contributed by atoms with Crippen molar-refractivity contribution in [3.8, 4) is 0 Å². The molecule has 0 spiro atoms. The van der Waals surface area contributed by atoms with Gasteiger partial charge in [-0.2, -0.15) is 0 Å². The Balaban J connectivity index is 2.37. The van der Waals surface area contributed by atoms with Gasteiger partial charge in [-0.15, -0.1) is 0 Å².